The van der Waals surface area contributed by atoms with E-state index in [4.69, 9.17) is 11.6 Å². The summed E-state index contributed by atoms with van der Waals surface area (Å²) in [5.41, 5.74) is 1.48. The van der Waals surface area contributed by atoms with Gasteiger partial charge in [0.1, 0.15) is 5.82 Å². The first-order chi connectivity index (χ1) is 12.2. The number of amides is 1. The predicted octanol–water partition coefficient (Wildman–Crippen LogP) is 2.82. The van der Waals surface area contributed by atoms with Crippen LogP contribution >= 0.6 is 11.6 Å². The van der Waals surface area contributed by atoms with E-state index in [0.717, 1.165) is 11.4 Å². The maximum absolute atomic E-state index is 12.2. The molecule has 0 aliphatic heterocycles. The van der Waals surface area contributed by atoms with Crippen LogP contribution in [0.2, 0.25) is 5.02 Å². The van der Waals surface area contributed by atoms with E-state index >= 15 is 0 Å². The second-order valence-electron chi connectivity index (χ2n) is 5.42. The van der Waals surface area contributed by atoms with Crippen LogP contribution in [0.15, 0.2) is 61.1 Å². The Morgan fingerprint density at radius 3 is 2.76 bits per heavy atom. The highest BCUT2D eigenvalue weighted by molar-refractivity contribution is 6.31. The Morgan fingerprint density at radius 1 is 1.12 bits per heavy atom. The van der Waals surface area contributed by atoms with Gasteiger partial charge in [-0.2, -0.15) is 5.10 Å². The number of carbonyl (C=O) groups is 1. The maximum atomic E-state index is 12.2. The van der Waals surface area contributed by atoms with Crippen LogP contribution in [0.25, 0.3) is 0 Å². The number of nitrogens with zero attached hydrogens (tertiary/aromatic N) is 3. The normalized spacial score (nSPS) is 10.4. The minimum absolute atomic E-state index is 0.159. The highest BCUT2D eigenvalue weighted by atomic mass is 35.5. The smallest absolute Gasteiger partial charge is 0.254 e. The van der Waals surface area contributed by atoms with Crippen LogP contribution < -0.4 is 10.6 Å². The number of carbonyl (C=O) groups excluding carboxylic acids is 1. The molecule has 2 heterocycles. The van der Waals surface area contributed by atoms with Crippen LogP contribution in [0.5, 0.6) is 0 Å². The lowest BCUT2D eigenvalue weighted by Gasteiger charge is -2.06. The highest BCUT2D eigenvalue weighted by Gasteiger charge is 2.09. The Balaban J connectivity index is 1.48. The first kappa shape index (κ1) is 17.0. The molecule has 128 valence electrons. The molecule has 0 atom stereocenters. The van der Waals surface area contributed by atoms with Gasteiger partial charge in [-0.1, -0.05) is 35.9 Å². The zero-order valence-corrected chi connectivity index (χ0v) is 14.3. The molecular formula is C18H18ClN5O. The Kier molecular flexibility index (Phi) is 5.64. The summed E-state index contributed by atoms with van der Waals surface area (Å²) in [6, 6.07) is 13.2. The van der Waals surface area contributed by atoms with E-state index in [1.807, 2.05) is 42.5 Å². The zero-order chi connectivity index (χ0) is 17.5. The molecule has 25 heavy (non-hydrogen) atoms. The van der Waals surface area contributed by atoms with Crippen LogP contribution in [-0.4, -0.2) is 33.8 Å². The molecular weight excluding hydrogens is 338 g/mol. The first-order valence-electron chi connectivity index (χ1n) is 7.91. The number of rotatable bonds is 7. The molecule has 0 unspecified atom stereocenters. The van der Waals surface area contributed by atoms with Crippen LogP contribution in [0.3, 0.4) is 0 Å². The van der Waals surface area contributed by atoms with E-state index in [9.17, 15) is 4.79 Å². The number of halogens is 1. The molecule has 0 fully saturated rings. The molecule has 3 aromatic rings. The average Bonchev–Trinajstić information content (AvgIpc) is 3.10. The number of pyridine rings is 1. The molecule has 7 heteroatoms. The van der Waals surface area contributed by atoms with Gasteiger partial charge in [0.05, 0.1) is 18.3 Å². The number of benzene rings is 1. The van der Waals surface area contributed by atoms with Crippen molar-refractivity contribution in [2.45, 2.75) is 6.54 Å². The fourth-order valence-corrected chi connectivity index (χ4v) is 2.50. The van der Waals surface area contributed by atoms with Crippen molar-refractivity contribution in [3.63, 3.8) is 0 Å². The Hall–Kier alpha value is -2.86. The van der Waals surface area contributed by atoms with Gasteiger partial charge in [0, 0.05) is 30.5 Å². The molecule has 6 nitrogen and oxygen atoms in total. The van der Waals surface area contributed by atoms with Crippen LogP contribution in [0, 0.1) is 0 Å². The van der Waals surface area contributed by atoms with Gasteiger partial charge in [0.15, 0.2) is 0 Å². The van der Waals surface area contributed by atoms with Gasteiger partial charge in [-0.3, -0.25) is 9.48 Å². The van der Waals surface area contributed by atoms with E-state index in [0.29, 0.717) is 30.2 Å². The Bertz CT molecular complexity index is 834. The minimum Gasteiger partial charge on any atom is -0.368 e. The molecule has 2 aromatic heterocycles. The number of hydrogen-bond donors (Lipinski definition) is 2. The fraction of sp³-hybridized carbons (Fsp3) is 0.167. The Morgan fingerprint density at radius 2 is 1.96 bits per heavy atom. The van der Waals surface area contributed by atoms with Crippen molar-refractivity contribution >= 4 is 23.3 Å². The van der Waals surface area contributed by atoms with Gasteiger partial charge >= 0.3 is 0 Å². The lowest BCUT2D eigenvalue weighted by atomic mass is 10.2. The molecule has 0 saturated heterocycles. The molecule has 0 radical (unpaired) electrons. The first-order valence-corrected chi connectivity index (χ1v) is 8.29. The van der Waals surface area contributed by atoms with E-state index in [-0.39, 0.29) is 5.91 Å². The number of nitrogens with one attached hydrogen (secondary N) is 2. The van der Waals surface area contributed by atoms with Crippen molar-refractivity contribution < 1.29 is 4.79 Å². The van der Waals surface area contributed by atoms with E-state index < -0.39 is 0 Å². The fourth-order valence-electron chi connectivity index (χ4n) is 2.30. The van der Waals surface area contributed by atoms with Gasteiger partial charge in [0.2, 0.25) is 0 Å². The van der Waals surface area contributed by atoms with Gasteiger partial charge in [-0.25, -0.2) is 4.98 Å². The summed E-state index contributed by atoms with van der Waals surface area (Å²) < 4.78 is 1.70. The highest BCUT2D eigenvalue weighted by Crippen LogP contribution is 2.16. The summed E-state index contributed by atoms with van der Waals surface area (Å²) in [6.45, 7) is 1.61. The van der Waals surface area contributed by atoms with Crippen molar-refractivity contribution in [1.29, 1.82) is 0 Å². The van der Waals surface area contributed by atoms with Crippen LogP contribution in [0.1, 0.15) is 15.9 Å². The third-order valence-electron chi connectivity index (χ3n) is 3.57. The predicted molar refractivity (Wildman–Crippen MR) is 97.8 cm³/mol. The van der Waals surface area contributed by atoms with Crippen molar-refractivity contribution in [1.82, 2.24) is 20.1 Å². The summed E-state index contributed by atoms with van der Waals surface area (Å²) in [5, 5.41) is 10.9. The summed E-state index contributed by atoms with van der Waals surface area (Å²) in [6.07, 6.45) is 4.98. The summed E-state index contributed by atoms with van der Waals surface area (Å²) in [5.74, 6) is 0.623. The lowest BCUT2D eigenvalue weighted by molar-refractivity contribution is 0.0955. The molecule has 0 spiro atoms. The summed E-state index contributed by atoms with van der Waals surface area (Å²) in [4.78, 5) is 16.3. The molecule has 1 amide bonds. The van der Waals surface area contributed by atoms with Crippen LogP contribution in [0.4, 0.5) is 5.82 Å². The van der Waals surface area contributed by atoms with E-state index in [1.54, 1.807) is 23.3 Å². The SMILES string of the molecule is O=C(NCCNc1ccccn1)c1cnn(Cc2ccccc2Cl)c1. The van der Waals surface area contributed by atoms with Crippen molar-refractivity contribution in [2.24, 2.45) is 0 Å². The number of anilines is 1. The van der Waals surface area contributed by atoms with Gasteiger partial charge < -0.3 is 10.6 Å². The largest absolute Gasteiger partial charge is 0.368 e. The average molecular weight is 356 g/mol. The van der Waals surface area contributed by atoms with Gasteiger partial charge in [0.25, 0.3) is 5.91 Å². The molecule has 0 aliphatic carbocycles. The second kappa shape index (κ2) is 8.30. The van der Waals surface area contributed by atoms with E-state index in [2.05, 4.69) is 20.7 Å². The Labute approximate surface area is 150 Å². The molecule has 0 aliphatic rings. The van der Waals surface area contributed by atoms with Crippen molar-refractivity contribution in [3.8, 4) is 0 Å². The molecule has 3 rings (SSSR count). The number of hydrogen-bond acceptors (Lipinski definition) is 4. The summed E-state index contributed by atoms with van der Waals surface area (Å²) in [7, 11) is 0. The van der Waals surface area contributed by atoms with Gasteiger partial charge in [-0.05, 0) is 23.8 Å². The summed E-state index contributed by atoms with van der Waals surface area (Å²) >= 11 is 6.15. The van der Waals surface area contributed by atoms with E-state index in [1.165, 1.54) is 0 Å². The maximum Gasteiger partial charge on any atom is 0.254 e. The molecule has 1 aromatic carbocycles. The van der Waals surface area contributed by atoms with Crippen LogP contribution in [-0.2, 0) is 6.54 Å². The number of aromatic nitrogens is 3. The molecule has 0 bridgehead atoms. The van der Waals surface area contributed by atoms with Crippen molar-refractivity contribution in [2.75, 3.05) is 18.4 Å². The third kappa shape index (κ3) is 4.81. The quantitative estimate of drug-likeness (QED) is 0.639. The monoisotopic (exact) mass is 355 g/mol. The minimum atomic E-state index is -0.159. The second-order valence-corrected chi connectivity index (χ2v) is 5.82. The third-order valence-corrected chi connectivity index (χ3v) is 3.94. The standard InChI is InChI=1S/C18H18ClN5O/c19-16-6-2-1-5-14(16)12-24-13-15(11-23-24)18(25)22-10-9-21-17-7-3-4-8-20-17/h1-8,11,13H,9-10,12H2,(H,20,21)(H,22,25). The molecule has 2 N–H and O–H groups in total. The lowest BCUT2D eigenvalue weighted by Crippen LogP contribution is -2.28. The van der Waals surface area contributed by atoms with Gasteiger partial charge in [-0.15, -0.1) is 0 Å². The zero-order valence-electron chi connectivity index (χ0n) is 13.5. The topological polar surface area (TPSA) is 71.8 Å². The van der Waals surface area contributed by atoms with Crippen molar-refractivity contribution in [3.05, 3.63) is 77.2 Å². The molecule has 0 saturated carbocycles.